The predicted octanol–water partition coefficient (Wildman–Crippen LogP) is 2.48. The molecule has 0 spiro atoms. The number of aromatic hydroxyl groups is 1. The van der Waals surface area contributed by atoms with Crippen LogP contribution in [0.4, 0.5) is 0 Å². The lowest BCUT2D eigenvalue weighted by atomic mass is 10.1. The summed E-state index contributed by atoms with van der Waals surface area (Å²) < 4.78 is 5.86. The minimum atomic E-state index is -0.332. The molecule has 2 N–H and O–H groups in total. The molecule has 0 aliphatic heterocycles. The first-order chi connectivity index (χ1) is 7.04. The molecular weight excluding hydrogens is 260 g/mol. The number of ether oxygens (including phenoxy) is 1. The van der Waals surface area contributed by atoms with Crippen molar-refractivity contribution in [1.29, 1.82) is 0 Å². The van der Waals surface area contributed by atoms with Crippen molar-refractivity contribution in [2.75, 3.05) is 7.11 Å². The van der Waals surface area contributed by atoms with Crippen molar-refractivity contribution in [2.45, 2.75) is 25.9 Å². The van der Waals surface area contributed by atoms with E-state index in [9.17, 15) is 10.2 Å². The summed E-state index contributed by atoms with van der Waals surface area (Å²) in [6.45, 7) is 1.75. The van der Waals surface area contributed by atoms with Gasteiger partial charge in [0.15, 0.2) is 11.5 Å². The number of aliphatic hydroxyl groups is 1. The van der Waals surface area contributed by atoms with Crippen LogP contribution >= 0.6 is 15.9 Å². The normalized spacial score (nSPS) is 12.5. The number of halogens is 1. The van der Waals surface area contributed by atoms with Crippen LogP contribution in [0.15, 0.2) is 16.6 Å². The van der Waals surface area contributed by atoms with Gasteiger partial charge >= 0.3 is 0 Å². The van der Waals surface area contributed by atoms with Crippen molar-refractivity contribution < 1.29 is 14.9 Å². The highest BCUT2D eigenvalue weighted by Crippen LogP contribution is 2.32. The van der Waals surface area contributed by atoms with Crippen LogP contribution < -0.4 is 4.74 Å². The average molecular weight is 275 g/mol. The number of hydrogen-bond acceptors (Lipinski definition) is 3. The highest BCUT2D eigenvalue weighted by atomic mass is 79.9. The van der Waals surface area contributed by atoms with Crippen LogP contribution in [0.1, 0.15) is 18.9 Å². The van der Waals surface area contributed by atoms with Gasteiger partial charge in [0, 0.05) is 4.47 Å². The van der Waals surface area contributed by atoms with Crippen LogP contribution in [0.3, 0.4) is 0 Å². The van der Waals surface area contributed by atoms with Crippen molar-refractivity contribution in [1.82, 2.24) is 0 Å². The van der Waals surface area contributed by atoms with E-state index in [0.29, 0.717) is 12.2 Å². The van der Waals surface area contributed by atoms with Gasteiger partial charge in [0.2, 0.25) is 0 Å². The fourth-order valence-electron chi connectivity index (χ4n) is 1.31. The lowest BCUT2D eigenvalue weighted by molar-refractivity contribution is 0.185. The van der Waals surface area contributed by atoms with E-state index >= 15 is 0 Å². The zero-order valence-electron chi connectivity index (χ0n) is 8.83. The number of rotatable bonds is 4. The van der Waals surface area contributed by atoms with Gasteiger partial charge in [0.05, 0.1) is 13.2 Å². The summed E-state index contributed by atoms with van der Waals surface area (Å²) in [6.07, 6.45) is 1.06. The van der Waals surface area contributed by atoms with Crippen molar-refractivity contribution >= 4 is 15.9 Å². The summed E-state index contributed by atoms with van der Waals surface area (Å²) >= 11 is 3.40. The summed E-state index contributed by atoms with van der Waals surface area (Å²) in [5.74, 6) is 0.573. The number of aliphatic hydroxyl groups excluding tert-OH is 1. The maximum absolute atomic E-state index is 9.57. The third kappa shape index (κ3) is 3.39. The van der Waals surface area contributed by atoms with Gasteiger partial charge in [0.1, 0.15) is 0 Å². The molecule has 0 heterocycles. The second-order valence-corrected chi connectivity index (χ2v) is 4.36. The SMILES string of the molecule is COc1cc(Br)c(CC[C@H](C)O)cc1O. The molecule has 3 nitrogen and oxygen atoms in total. The third-order valence-electron chi connectivity index (χ3n) is 2.18. The topological polar surface area (TPSA) is 49.7 Å². The number of aryl methyl sites for hydroxylation is 1. The average Bonchev–Trinajstić information content (AvgIpc) is 2.18. The molecule has 15 heavy (non-hydrogen) atoms. The van der Waals surface area contributed by atoms with E-state index in [1.165, 1.54) is 7.11 Å². The van der Waals surface area contributed by atoms with Crippen molar-refractivity contribution in [3.8, 4) is 11.5 Å². The summed E-state index contributed by atoms with van der Waals surface area (Å²) in [5.41, 5.74) is 0.967. The largest absolute Gasteiger partial charge is 0.504 e. The standard InChI is InChI=1S/C11H15BrO3/c1-7(13)3-4-8-5-10(14)11(15-2)6-9(8)12/h5-7,13-14H,3-4H2,1-2H3/t7-/m0/s1. The second kappa shape index (κ2) is 5.37. The fraction of sp³-hybridized carbons (Fsp3) is 0.455. The maximum Gasteiger partial charge on any atom is 0.161 e. The predicted molar refractivity (Wildman–Crippen MR) is 62.4 cm³/mol. The van der Waals surface area contributed by atoms with Crippen molar-refractivity contribution in [3.05, 3.63) is 22.2 Å². The fourth-order valence-corrected chi connectivity index (χ4v) is 1.83. The van der Waals surface area contributed by atoms with Crippen molar-refractivity contribution in [2.24, 2.45) is 0 Å². The lowest BCUT2D eigenvalue weighted by Gasteiger charge is -2.10. The Morgan fingerprint density at radius 3 is 2.67 bits per heavy atom. The van der Waals surface area contributed by atoms with Crippen LogP contribution in [0.2, 0.25) is 0 Å². The van der Waals surface area contributed by atoms with Gasteiger partial charge < -0.3 is 14.9 Å². The lowest BCUT2D eigenvalue weighted by Crippen LogP contribution is -2.02. The van der Waals surface area contributed by atoms with Crippen molar-refractivity contribution in [3.63, 3.8) is 0 Å². The van der Waals surface area contributed by atoms with E-state index in [2.05, 4.69) is 15.9 Å². The Morgan fingerprint density at radius 1 is 1.47 bits per heavy atom. The van der Waals surface area contributed by atoms with E-state index in [1.807, 2.05) is 0 Å². The quantitative estimate of drug-likeness (QED) is 0.887. The smallest absolute Gasteiger partial charge is 0.161 e. The molecule has 0 amide bonds. The van der Waals surface area contributed by atoms with E-state index in [4.69, 9.17) is 4.74 Å². The molecule has 0 aliphatic carbocycles. The van der Waals surface area contributed by atoms with E-state index in [1.54, 1.807) is 19.1 Å². The molecule has 0 aromatic heterocycles. The summed E-state index contributed by atoms with van der Waals surface area (Å²) in [6, 6.07) is 3.39. The molecule has 0 bridgehead atoms. The molecule has 1 atom stereocenters. The first kappa shape index (κ1) is 12.3. The van der Waals surface area contributed by atoms with E-state index < -0.39 is 0 Å². The zero-order valence-corrected chi connectivity index (χ0v) is 10.4. The van der Waals surface area contributed by atoms with Gasteiger partial charge in [-0.05, 0) is 37.5 Å². The summed E-state index contributed by atoms with van der Waals surface area (Å²) in [5, 5.41) is 18.7. The molecule has 0 unspecified atom stereocenters. The third-order valence-corrected chi connectivity index (χ3v) is 2.92. The van der Waals surface area contributed by atoms with Gasteiger partial charge in [-0.1, -0.05) is 15.9 Å². The van der Waals surface area contributed by atoms with Crippen LogP contribution in [0.5, 0.6) is 11.5 Å². The molecule has 1 aromatic carbocycles. The Labute approximate surface area is 97.8 Å². The Bertz CT molecular complexity index is 337. The monoisotopic (exact) mass is 274 g/mol. The molecule has 0 saturated carbocycles. The highest BCUT2D eigenvalue weighted by molar-refractivity contribution is 9.10. The molecule has 0 radical (unpaired) electrons. The number of phenolic OH excluding ortho intramolecular Hbond substituents is 1. The maximum atomic E-state index is 9.57. The Morgan fingerprint density at radius 2 is 2.13 bits per heavy atom. The Kier molecular flexibility index (Phi) is 4.42. The van der Waals surface area contributed by atoms with Crippen LogP contribution in [0.25, 0.3) is 0 Å². The second-order valence-electron chi connectivity index (χ2n) is 3.50. The van der Waals surface area contributed by atoms with E-state index in [0.717, 1.165) is 16.5 Å². The van der Waals surface area contributed by atoms with Crippen LogP contribution in [0, 0.1) is 0 Å². The van der Waals surface area contributed by atoms with Crippen LogP contribution in [-0.2, 0) is 6.42 Å². The molecule has 0 saturated heterocycles. The van der Waals surface area contributed by atoms with E-state index in [-0.39, 0.29) is 11.9 Å². The van der Waals surface area contributed by atoms with Gasteiger partial charge in [-0.3, -0.25) is 0 Å². The molecule has 84 valence electrons. The first-order valence-corrected chi connectivity index (χ1v) is 5.57. The summed E-state index contributed by atoms with van der Waals surface area (Å²) in [4.78, 5) is 0. The molecule has 1 aromatic rings. The van der Waals surface area contributed by atoms with Crippen LogP contribution in [-0.4, -0.2) is 23.4 Å². The molecule has 0 fully saturated rings. The van der Waals surface area contributed by atoms with Gasteiger partial charge in [-0.25, -0.2) is 0 Å². The zero-order chi connectivity index (χ0) is 11.4. The molecular formula is C11H15BrO3. The van der Waals surface area contributed by atoms with Gasteiger partial charge in [-0.15, -0.1) is 0 Å². The van der Waals surface area contributed by atoms with Gasteiger partial charge in [-0.2, -0.15) is 0 Å². The molecule has 1 rings (SSSR count). The van der Waals surface area contributed by atoms with Gasteiger partial charge in [0.25, 0.3) is 0 Å². The summed E-state index contributed by atoms with van der Waals surface area (Å²) in [7, 11) is 1.51. The number of hydrogen-bond donors (Lipinski definition) is 2. The minimum absolute atomic E-state index is 0.126. The molecule has 4 heteroatoms. The first-order valence-electron chi connectivity index (χ1n) is 4.78. The number of methoxy groups -OCH3 is 1. The number of phenols is 1. The number of benzene rings is 1. The highest BCUT2D eigenvalue weighted by Gasteiger charge is 2.08. The Hall–Kier alpha value is -0.740. The molecule has 0 aliphatic rings. The Balaban J connectivity index is 2.85. The minimum Gasteiger partial charge on any atom is -0.504 e.